The molecule has 0 saturated heterocycles. The van der Waals surface area contributed by atoms with E-state index in [1.807, 2.05) is 0 Å². The van der Waals surface area contributed by atoms with Crippen molar-refractivity contribution < 1.29 is 13.5 Å². The molecule has 0 aromatic heterocycles. The van der Waals surface area contributed by atoms with Gasteiger partial charge in [0.25, 0.3) is 0 Å². The lowest BCUT2D eigenvalue weighted by molar-refractivity contribution is 0.287. The Kier molecular flexibility index (Phi) is 5.71. The summed E-state index contributed by atoms with van der Waals surface area (Å²) in [5.41, 5.74) is 0. The van der Waals surface area contributed by atoms with Crippen molar-refractivity contribution in [1.29, 1.82) is 0 Å². The van der Waals surface area contributed by atoms with Crippen molar-refractivity contribution in [1.82, 2.24) is 4.31 Å². The predicted octanol–water partition coefficient (Wildman–Crippen LogP) is -0.346. The number of unbranched alkanes of at least 4 members (excludes halogenated alkanes) is 1. The number of rotatable bonds is 6. The van der Waals surface area contributed by atoms with Gasteiger partial charge < -0.3 is 5.11 Å². The Morgan fingerprint density at radius 3 is 2.54 bits per heavy atom. The third kappa shape index (κ3) is 4.88. The maximum atomic E-state index is 11.3. The number of hydrogen-bond donors (Lipinski definition) is 1. The first-order valence-corrected chi connectivity index (χ1v) is 5.64. The Bertz CT molecular complexity index is 266. The molecule has 4 nitrogen and oxygen atoms in total. The van der Waals surface area contributed by atoms with Crippen LogP contribution in [0.15, 0.2) is 0 Å². The van der Waals surface area contributed by atoms with E-state index in [0.29, 0.717) is 12.8 Å². The number of sulfonamides is 1. The van der Waals surface area contributed by atoms with E-state index in [1.54, 1.807) is 0 Å². The predicted molar refractivity (Wildman–Crippen MR) is 51.6 cm³/mol. The van der Waals surface area contributed by atoms with Gasteiger partial charge in [0, 0.05) is 13.7 Å². The van der Waals surface area contributed by atoms with E-state index in [9.17, 15) is 8.42 Å². The standard InChI is InChI=1S/C8H15NO3S/c1-3-6-9(2)13(11,12)8-5-4-7-10/h1,10H,4-8H2,2H3. The van der Waals surface area contributed by atoms with E-state index >= 15 is 0 Å². The van der Waals surface area contributed by atoms with Crippen LogP contribution in [0.4, 0.5) is 0 Å². The van der Waals surface area contributed by atoms with Crippen LogP contribution in [0.2, 0.25) is 0 Å². The third-order valence-electron chi connectivity index (χ3n) is 1.60. The summed E-state index contributed by atoms with van der Waals surface area (Å²) in [7, 11) is -1.76. The summed E-state index contributed by atoms with van der Waals surface area (Å²) in [6.45, 7) is 0.121. The lowest BCUT2D eigenvalue weighted by atomic mass is 10.4. The van der Waals surface area contributed by atoms with Gasteiger partial charge in [-0.2, -0.15) is 4.31 Å². The minimum absolute atomic E-state index is 0.0222. The summed E-state index contributed by atoms with van der Waals surface area (Å²) in [5, 5.41) is 8.46. The third-order valence-corrected chi connectivity index (χ3v) is 3.48. The Labute approximate surface area is 79.6 Å². The normalized spacial score (nSPS) is 11.5. The van der Waals surface area contributed by atoms with E-state index in [1.165, 1.54) is 7.05 Å². The van der Waals surface area contributed by atoms with Gasteiger partial charge >= 0.3 is 0 Å². The van der Waals surface area contributed by atoms with E-state index in [4.69, 9.17) is 11.5 Å². The first-order valence-electron chi connectivity index (χ1n) is 4.03. The molecule has 0 aliphatic carbocycles. The highest BCUT2D eigenvalue weighted by atomic mass is 32.2. The number of aliphatic hydroxyl groups is 1. The molecule has 13 heavy (non-hydrogen) atoms. The van der Waals surface area contributed by atoms with Crippen LogP contribution < -0.4 is 0 Å². The molecule has 0 rings (SSSR count). The van der Waals surface area contributed by atoms with Crippen LogP contribution in [-0.4, -0.2) is 43.8 Å². The molecule has 0 saturated carbocycles. The fourth-order valence-corrected chi connectivity index (χ4v) is 1.93. The number of hydrogen-bond acceptors (Lipinski definition) is 3. The molecule has 0 fully saturated rings. The maximum absolute atomic E-state index is 11.3. The summed E-state index contributed by atoms with van der Waals surface area (Å²) in [4.78, 5) is 0. The second-order valence-electron chi connectivity index (χ2n) is 2.71. The number of nitrogens with zero attached hydrogens (tertiary/aromatic N) is 1. The second kappa shape index (κ2) is 5.97. The lowest BCUT2D eigenvalue weighted by Gasteiger charge is -2.13. The molecule has 0 aliphatic heterocycles. The summed E-state index contributed by atoms with van der Waals surface area (Å²) in [6.07, 6.45) is 5.95. The monoisotopic (exact) mass is 205 g/mol. The summed E-state index contributed by atoms with van der Waals surface area (Å²) < 4.78 is 23.8. The lowest BCUT2D eigenvalue weighted by Crippen LogP contribution is -2.29. The molecule has 0 aliphatic rings. The van der Waals surface area contributed by atoms with E-state index in [0.717, 1.165) is 4.31 Å². The minimum atomic E-state index is -3.21. The van der Waals surface area contributed by atoms with Crippen LogP contribution in [0.3, 0.4) is 0 Å². The Morgan fingerprint density at radius 1 is 1.46 bits per heavy atom. The van der Waals surface area contributed by atoms with Crippen molar-refractivity contribution >= 4 is 10.0 Å². The van der Waals surface area contributed by atoms with Gasteiger partial charge in [-0.15, -0.1) is 6.42 Å². The number of terminal acetylenes is 1. The molecule has 0 unspecified atom stereocenters. The molecule has 0 amide bonds. The van der Waals surface area contributed by atoms with Gasteiger partial charge in [-0.25, -0.2) is 8.42 Å². The zero-order valence-electron chi connectivity index (χ0n) is 7.73. The van der Waals surface area contributed by atoms with Crippen LogP contribution in [0.1, 0.15) is 12.8 Å². The van der Waals surface area contributed by atoms with Gasteiger partial charge in [0.2, 0.25) is 10.0 Å². The fourth-order valence-electron chi connectivity index (χ4n) is 0.779. The van der Waals surface area contributed by atoms with Gasteiger partial charge in [-0.3, -0.25) is 0 Å². The average molecular weight is 205 g/mol. The van der Waals surface area contributed by atoms with Crippen LogP contribution in [0.5, 0.6) is 0 Å². The highest BCUT2D eigenvalue weighted by molar-refractivity contribution is 7.89. The zero-order chi connectivity index (χ0) is 10.3. The molecule has 76 valence electrons. The molecule has 0 radical (unpaired) electrons. The number of aliphatic hydroxyl groups excluding tert-OH is 1. The SMILES string of the molecule is C#CCN(C)S(=O)(=O)CCCCO. The molecule has 0 aromatic rings. The van der Waals surface area contributed by atoms with Crippen molar-refractivity contribution in [3.8, 4) is 12.3 Å². The molecular weight excluding hydrogens is 190 g/mol. The van der Waals surface area contributed by atoms with Crippen molar-refractivity contribution in [3.63, 3.8) is 0 Å². The Morgan fingerprint density at radius 2 is 2.08 bits per heavy atom. The van der Waals surface area contributed by atoms with Gasteiger partial charge in [-0.1, -0.05) is 5.92 Å². The molecular formula is C8H15NO3S. The van der Waals surface area contributed by atoms with Gasteiger partial charge in [0.1, 0.15) is 0 Å². The van der Waals surface area contributed by atoms with Crippen molar-refractivity contribution in [3.05, 3.63) is 0 Å². The van der Waals surface area contributed by atoms with Crippen molar-refractivity contribution in [2.24, 2.45) is 0 Å². The van der Waals surface area contributed by atoms with E-state index < -0.39 is 10.0 Å². The van der Waals surface area contributed by atoms with Gasteiger partial charge in [-0.05, 0) is 12.8 Å². The molecule has 0 bridgehead atoms. The topological polar surface area (TPSA) is 57.6 Å². The van der Waals surface area contributed by atoms with Crippen LogP contribution >= 0.6 is 0 Å². The zero-order valence-corrected chi connectivity index (χ0v) is 8.55. The van der Waals surface area contributed by atoms with E-state index in [-0.39, 0.29) is 18.9 Å². The highest BCUT2D eigenvalue weighted by Gasteiger charge is 2.15. The second-order valence-corrected chi connectivity index (χ2v) is 4.90. The van der Waals surface area contributed by atoms with Crippen molar-refractivity contribution in [2.45, 2.75) is 12.8 Å². The quantitative estimate of drug-likeness (QED) is 0.476. The highest BCUT2D eigenvalue weighted by Crippen LogP contribution is 2.01. The van der Waals surface area contributed by atoms with Crippen LogP contribution in [-0.2, 0) is 10.0 Å². The summed E-state index contributed by atoms with van der Waals surface area (Å²) in [5.74, 6) is 2.31. The summed E-state index contributed by atoms with van der Waals surface area (Å²) >= 11 is 0. The van der Waals surface area contributed by atoms with Gasteiger partial charge in [0.15, 0.2) is 0 Å². The molecule has 1 N–H and O–H groups in total. The van der Waals surface area contributed by atoms with Crippen molar-refractivity contribution in [2.75, 3.05) is 26.0 Å². The molecule has 0 aromatic carbocycles. The average Bonchev–Trinajstić information content (AvgIpc) is 2.05. The smallest absolute Gasteiger partial charge is 0.214 e. The first-order chi connectivity index (χ1) is 6.04. The molecule has 0 spiro atoms. The largest absolute Gasteiger partial charge is 0.396 e. The van der Waals surface area contributed by atoms with Gasteiger partial charge in [0.05, 0.1) is 12.3 Å². The maximum Gasteiger partial charge on any atom is 0.214 e. The molecule has 0 atom stereocenters. The fraction of sp³-hybridized carbons (Fsp3) is 0.750. The molecule has 5 heteroatoms. The molecule has 0 heterocycles. The Balaban J connectivity index is 4.01. The summed E-state index contributed by atoms with van der Waals surface area (Å²) in [6, 6.07) is 0. The van der Waals surface area contributed by atoms with Crippen LogP contribution in [0, 0.1) is 12.3 Å². The first kappa shape index (κ1) is 12.4. The van der Waals surface area contributed by atoms with Crippen LogP contribution in [0.25, 0.3) is 0 Å². The van der Waals surface area contributed by atoms with E-state index in [2.05, 4.69) is 5.92 Å². The minimum Gasteiger partial charge on any atom is -0.396 e. The Hall–Kier alpha value is -0.570.